The monoisotopic (exact) mass is 443 g/mol. The highest BCUT2D eigenvalue weighted by molar-refractivity contribution is 6.31. The van der Waals surface area contributed by atoms with Gasteiger partial charge < -0.3 is 10.2 Å². The zero-order valence-electron chi connectivity index (χ0n) is 16.9. The molecule has 1 fully saturated rings. The van der Waals surface area contributed by atoms with E-state index in [4.69, 9.17) is 23.2 Å². The van der Waals surface area contributed by atoms with Crippen molar-refractivity contribution < 1.29 is 4.79 Å². The van der Waals surface area contributed by atoms with Crippen LogP contribution in [0.3, 0.4) is 0 Å². The van der Waals surface area contributed by atoms with Gasteiger partial charge in [0.15, 0.2) is 5.69 Å². The second kappa shape index (κ2) is 8.66. The highest BCUT2D eigenvalue weighted by Gasteiger charge is 2.25. The molecule has 1 amide bonds. The van der Waals surface area contributed by atoms with Crippen LogP contribution < -0.4 is 10.2 Å². The first-order chi connectivity index (χ1) is 14.4. The van der Waals surface area contributed by atoms with Gasteiger partial charge in [-0.2, -0.15) is 0 Å². The van der Waals surface area contributed by atoms with Crippen LogP contribution >= 0.6 is 23.2 Å². The minimum Gasteiger partial charge on any atom is -0.371 e. The number of hydrogen-bond acceptors (Lipinski definition) is 4. The van der Waals surface area contributed by atoms with E-state index >= 15 is 0 Å². The van der Waals surface area contributed by atoms with Gasteiger partial charge in [-0.15, -0.1) is 5.10 Å². The Labute approximate surface area is 185 Å². The van der Waals surface area contributed by atoms with Gasteiger partial charge in [0, 0.05) is 35.4 Å². The molecule has 1 saturated heterocycles. The van der Waals surface area contributed by atoms with E-state index in [-0.39, 0.29) is 5.91 Å². The summed E-state index contributed by atoms with van der Waals surface area (Å²) >= 11 is 12.2. The molecule has 6 nitrogen and oxygen atoms in total. The average Bonchev–Trinajstić information content (AvgIpc) is 3.35. The Morgan fingerprint density at radius 2 is 1.97 bits per heavy atom. The van der Waals surface area contributed by atoms with Crippen LogP contribution in [0.15, 0.2) is 42.5 Å². The molecule has 1 N–H and O–H groups in total. The van der Waals surface area contributed by atoms with E-state index in [0.29, 0.717) is 28.9 Å². The number of nitrogens with zero attached hydrogens (tertiary/aromatic N) is 4. The summed E-state index contributed by atoms with van der Waals surface area (Å²) in [4.78, 5) is 15.0. The largest absolute Gasteiger partial charge is 0.371 e. The molecule has 0 radical (unpaired) electrons. The third kappa shape index (κ3) is 4.30. The molecule has 8 heteroatoms. The molecule has 4 rings (SSSR count). The fourth-order valence-electron chi connectivity index (χ4n) is 3.85. The van der Waals surface area contributed by atoms with E-state index in [1.807, 2.05) is 37.3 Å². The maximum absolute atomic E-state index is 12.7. The highest BCUT2D eigenvalue weighted by atomic mass is 35.5. The highest BCUT2D eigenvalue weighted by Crippen LogP contribution is 2.29. The minimum absolute atomic E-state index is 0.210. The molecule has 0 saturated carbocycles. The molecule has 2 heterocycles. The normalized spacial score (nSPS) is 16.1. The van der Waals surface area contributed by atoms with Gasteiger partial charge in [-0.25, -0.2) is 4.68 Å². The molecule has 1 aliphatic rings. The van der Waals surface area contributed by atoms with Crippen molar-refractivity contribution in [2.24, 2.45) is 5.92 Å². The summed E-state index contributed by atoms with van der Waals surface area (Å²) in [5, 5.41) is 12.6. The lowest BCUT2D eigenvalue weighted by Gasteiger charge is -2.21. The van der Waals surface area contributed by atoms with E-state index < -0.39 is 0 Å². The predicted octanol–water partition coefficient (Wildman–Crippen LogP) is 4.45. The van der Waals surface area contributed by atoms with E-state index in [1.54, 1.807) is 16.8 Å². The number of nitrogens with one attached hydrogen (secondary N) is 1. The molecule has 156 valence electrons. The van der Waals surface area contributed by atoms with Gasteiger partial charge >= 0.3 is 0 Å². The fraction of sp³-hybridized carbons (Fsp3) is 0.318. The van der Waals surface area contributed by atoms with Crippen molar-refractivity contribution in [3.8, 4) is 5.69 Å². The number of aryl methyl sites for hydroxylation is 1. The minimum atomic E-state index is -0.210. The predicted molar refractivity (Wildman–Crippen MR) is 120 cm³/mol. The molecule has 1 atom stereocenters. The summed E-state index contributed by atoms with van der Waals surface area (Å²) in [6, 6.07) is 13.3. The number of aromatic nitrogens is 3. The Kier molecular flexibility index (Phi) is 5.97. The van der Waals surface area contributed by atoms with E-state index in [1.165, 1.54) is 5.56 Å². The van der Waals surface area contributed by atoms with Crippen molar-refractivity contribution in [3.63, 3.8) is 0 Å². The van der Waals surface area contributed by atoms with Gasteiger partial charge in [0.05, 0.1) is 11.4 Å². The lowest BCUT2D eigenvalue weighted by molar-refractivity contribution is 0.0942. The van der Waals surface area contributed by atoms with Crippen LogP contribution in [0.25, 0.3) is 5.69 Å². The van der Waals surface area contributed by atoms with Crippen LogP contribution in [-0.2, 0) is 0 Å². The second-order valence-electron chi connectivity index (χ2n) is 7.66. The molecular formula is C22H23Cl2N5O. The van der Waals surface area contributed by atoms with Gasteiger partial charge in [-0.1, -0.05) is 40.5 Å². The molecule has 0 aliphatic carbocycles. The van der Waals surface area contributed by atoms with Crippen molar-refractivity contribution in [3.05, 3.63) is 69.5 Å². The Hall–Kier alpha value is -2.57. The first kappa shape index (κ1) is 20.7. The van der Waals surface area contributed by atoms with Crippen molar-refractivity contribution in [1.82, 2.24) is 20.3 Å². The topological polar surface area (TPSA) is 63.1 Å². The molecule has 0 spiro atoms. The first-order valence-electron chi connectivity index (χ1n) is 9.90. The van der Waals surface area contributed by atoms with E-state index in [9.17, 15) is 4.79 Å². The second-order valence-corrected chi connectivity index (χ2v) is 8.53. The van der Waals surface area contributed by atoms with Crippen molar-refractivity contribution in [1.29, 1.82) is 0 Å². The third-order valence-electron chi connectivity index (χ3n) is 5.51. The molecule has 0 bridgehead atoms. The van der Waals surface area contributed by atoms with Gasteiger partial charge in [0.2, 0.25) is 0 Å². The lowest BCUT2D eigenvalue weighted by Crippen LogP contribution is -2.31. The first-order valence-corrected chi connectivity index (χ1v) is 10.7. The summed E-state index contributed by atoms with van der Waals surface area (Å²) in [5.41, 5.74) is 4.15. The van der Waals surface area contributed by atoms with Gasteiger partial charge in [-0.05, 0) is 62.1 Å². The summed E-state index contributed by atoms with van der Waals surface area (Å²) < 4.78 is 1.63. The Bertz CT molecular complexity index is 1080. The number of rotatable bonds is 5. The average molecular weight is 444 g/mol. The van der Waals surface area contributed by atoms with Crippen LogP contribution in [0.2, 0.25) is 10.0 Å². The SMILES string of the molecule is Cc1ccc(Cl)cc1N1CCC(CNC(=O)c2nnn(-c3cccc(Cl)c3)c2C)C1. The molecule has 3 aromatic rings. The fourth-order valence-corrected chi connectivity index (χ4v) is 4.21. The van der Waals surface area contributed by atoms with Crippen LogP contribution in [0.4, 0.5) is 5.69 Å². The number of benzene rings is 2. The number of carbonyl (C=O) groups excluding carboxylic acids is 1. The van der Waals surface area contributed by atoms with Crippen LogP contribution in [0.1, 0.15) is 28.2 Å². The molecule has 1 aliphatic heterocycles. The molecule has 1 aromatic heterocycles. The summed E-state index contributed by atoms with van der Waals surface area (Å²) in [6.07, 6.45) is 1.01. The standard InChI is InChI=1S/C22H23Cl2N5O/c1-14-6-7-18(24)11-20(14)28-9-8-16(13-28)12-25-22(30)21-15(2)29(27-26-21)19-5-3-4-17(23)10-19/h3-7,10-11,16H,8-9,12-13H2,1-2H3,(H,25,30). The van der Waals surface area contributed by atoms with Gasteiger partial charge in [-0.3, -0.25) is 4.79 Å². The molecule has 2 aromatic carbocycles. The molecule has 1 unspecified atom stereocenters. The number of carbonyl (C=O) groups is 1. The molecular weight excluding hydrogens is 421 g/mol. The van der Waals surface area contributed by atoms with Crippen molar-refractivity contribution in [2.75, 3.05) is 24.5 Å². The lowest BCUT2D eigenvalue weighted by atomic mass is 10.1. The van der Waals surface area contributed by atoms with Crippen molar-refractivity contribution >= 4 is 34.8 Å². The summed E-state index contributed by atoms with van der Waals surface area (Å²) in [5.74, 6) is 0.161. The van der Waals surface area contributed by atoms with Crippen molar-refractivity contribution in [2.45, 2.75) is 20.3 Å². The Morgan fingerprint density at radius 3 is 2.77 bits per heavy atom. The Morgan fingerprint density at radius 1 is 1.17 bits per heavy atom. The number of amides is 1. The van der Waals surface area contributed by atoms with E-state index in [0.717, 1.165) is 35.9 Å². The van der Waals surface area contributed by atoms with Crippen LogP contribution in [0.5, 0.6) is 0 Å². The maximum atomic E-state index is 12.7. The smallest absolute Gasteiger partial charge is 0.273 e. The van der Waals surface area contributed by atoms with Gasteiger partial charge in [0.25, 0.3) is 5.91 Å². The van der Waals surface area contributed by atoms with Crippen LogP contribution in [-0.4, -0.2) is 40.5 Å². The zero-order valence-corrected chi connectivity index (χ0v) is 18.4. The quantitative estimate of drug-likeness (QED) is 0.632. The molecule has 30 heavy (non-hydrogen) atoms. The van der Waals surface area contributed by atoms with E-state index in [2.05, 4.69) is 27.5 Å². The number of halogens is 2. The van der Waals surface area contributed by atoms with Gasteiger partial charge in [0.1, 0.15) is 0 Å². The van der Waals surface area contributed by atoms with Crippen LogP contribution in [0, 0.1) is 19.8 Å². The zero-order chi connectivity index (χ0) is 21.3. The maximum Gasteiger partial charge on any atom is 0.273 e. The third-order valence-corrected chi connectivity index (χ3v) is 5.98. The Balaban J connectivity index is 1.38. The number of hydrogen-bond donors (Lipinski definition) is 1. The summed E-state index contributed by atoms with van der Waals surface area (Å²) in [7, 11) is 0. The summed E-state index contributed by atoms with van der Waals surface area (Å²) in [6.45, 7) is 6.35. The number of anilines is 1.